The molecule has 1 aromatic carbocycles. The van der Waals surface area contributed by atoms with Crippen LogP contribution in [0.3, 0.4) is 0 Å². The normalized spacial score (nSPS) is 14.9. The maximum Gasteiger partial charge on any atom is 0.438 e. The molecule has 0 bridgehead atoms. The Labute approximate surface area is 104 Å². The van der Waals surface area contributed by atoms with E-state index in [1.54, 1.807) is 37.3 Å². The third kappa shape index (κ3) is 5.91. The van der Waals surface area contributed by atoms with Gasteiger partial charge in [-0.2, -0.15) is 13.2 Å². The summed E-state index contributed by atoms with van der Waals surface area (Å²) in [6.45, 7) is 0.599. The van der Waals surface area contributed by atoms with Gasteiger partial charge in [-0.1, -0.05) is 30.3 Å². The monoisotopic (exact) mass is 269 g/mol. The van der Waals surface area contributed by atoms with Crippen molar-refractivity contribution in [1.29, 1.82) is 0 Å². The molecule has 1 rings (SSSR count). The Bertz CT molecular complexity index is 318. The first-order valence-corrected chi connectivity index (χ1v) is 5.03. The molecule has 0 saturated carbocycles. The van der Waals surface area contributed by atoms with Crippen molar-refractivity contribution in [3.05, 3.63) is 35.9 Å². The number of alkyl halides is 3. The zero-order valence-electron chi connectivity index (χ0n) is 9.28. The topological polar surface area (TPSA) is 36.8 Å². The Kier molecular flexibility index (Phi) is 6.52. The van der Waals surface area contributed by atoms with E-state index in [1.165, 1.54) is 0 Å². The van der Waals surface area contributed by atoms with E-state index >= 15 is 0 Å². The summed E-state index contributed by atoms with van der Waals surface area (Å²) in [6.07, 6.45) is -5.09. The average Bonchev–Trinajstić information content (AvgIpc) is 2.25. The predicted octanol–water partition coefficient (Wildman–Crippen LogP) is -1.76. The summed E-state index contributed by atoms with van der Waals surface area (Å²) >= 11 is 0. The number of hydrogen-bond donors (Lipinski definition) is 2. The first kappa shape index (κ1) is 16.2. The molecule has 0 fully saturated rings. The second-order valence-corrected chi connectivity index (χ2v) is 3.77. The minimum Gasteiger partial charge on any atom is -1.00 e. The summed E-state index contributed by atoms with van der Waals surface area (Å²) in [7, 11) is 0. The zero-order valence-corrected chi connectivity index (χ0v) is 10.0. The molecule has 0 aliphatic heterocycles. The van der Waals surface area contributed by atoms with Crippen LogP contribution in [0.2, 0.25) is 0 Å². The number of aliphatic hydroxyl groups is 1. The van der Waals surface area contributed by atoms with Crippen molar-refractivity contribution in [3.63, 3.8) is 0 Å². The molecule has 6 heteroatoms. The van der Waals surface area contributed by atoms with Gasteiger partial charge in [0.1, 0.15) is 12.1 Å². The van der Waals surface area contributed by atoms with Crippen LogP contribution < -0.4 is 17.7 Å². The van der Waals surface area contributed by atoms with Gasteiger partial charge < -0.3 is 22.8 Å². The van der Waals surface area contributed by atoms with E-state index in [-0.39, 0.29) is 12.4 Å². The molecule has 0 aliphatic rings. The molecule has 0 radical (unpaired) electrons. The number of benzene rings is 1. The van der Waals surface area contributed by atoms with Crippen LogP contribution in [0.15, 0.2) is 30.3 Å². The van der Waals surface area contributed by atoms with E-state index in [1.807, 2.05) is 0 Å². The van der Waals surface area contributed by atoms with Crippen LogP contribution in [0.25, 0.3) is 0 Å². The van der Waals surface area contributed by atoms with E-state index < -0.39 is 24.9 Å². The summed E-state index contributed by atoms with van der Waals surface area (Å²) in [5.41, 5.74) is 0.633. The lowest BCUT2D eigenvalue weighted by Crippen LogP contribution is -3.00. The number of aliphatic hydroxyl groups excluding tert-OH is 1. The van der Waals surface area contributed by atoms with E-state index in [9.17, 15) is 18.3 Å². The number of rotatable bonds is 4. The second-order valence-electron chi connectivity index (χ2n) is 3.77. The lowest BCUT2D eigenvalue weighted by molar-refractivity contribution is -0.712. The Hall–Kier alpha value is -0.780. The van der Waals surface area contributed by atoms with Gasteiger partial charge in [0.05, 0.1) is 0 Å². The maximum absolute atomic E-state index is 12.0. The van der Waals surface area contributed by atoms with Crippen LogP contribution in [0.4, 0.5) is 13.2 Å². The van der Waals surface area contributed by atoms with Crippen LogP contribution in [-0.2, 0) is 0 Å². The Morgan fingerprint density at radius 2 is 1.76 bits per heavy atom. The van der Waals surface area contributed by atoms with Gasteiger partial charge >= 0.3 is 6.18 Å². The molecule has 0 spiro atoms. The Morgan fingerprint density at radius 3 is 2.24 bits per heavy atom. The van der Waals surface area contributed by atoms with Crippen molar-refractivity contribution in [2.75, 3.05) is 6.54 Å². The van der Waals surface area contributed by atoms with Crippen molar-refractivity contribution < 1.29 is 36.0 Å². The molecule has 0 aliphatic carbocycles. The quantitative estimate of drug-likeness (QED) is 0.668. The molecule has 2 atom stereocenters. The SMILES string of the molecule is CC([NH2+]CC(F)(F)F)C(O)c1ccccc1.[Cl-]. The minimum atomic E-state index is -4.20. The molecule has 3 N–H and O–H groups in total. The molecule has 17 heavy (non-hydrogen) atoms. The standard InChI is InChI=1S/C11H14F3NO.ClH/c1-8(15-7-11(12,13)14)10(16)9-5-3-2-4-6-9;/h2-6,8,10,15-16H,7H2,1H3;1H. The van der Waals surface area contributed by atoms with Crippen molar-refractivity contribution >= 4 is 0 Å². The molecule has 0 amide bonds. The van der Waals surface area contributed by atoms with Gasteiger partial charge in [0.2, 0.25) is 0 Å². The van der Waals surface area contributed by atoms with Crippen LogP contribution >= 0.6 is 0 Å². The van der Waals surface area contributed by atoms with Crippen LogP contribution in [0.1, 0.15) is 18.6 Å². The van der Waals surface area contributed by atoms with E-state index in [4.69, 9.17) is 0 Å². The largest absolute Gasteiger partial charge is 1.00 e. The summed E-state index contributed by atoms with van der Waals surface area (Å²) in [6, 6.07) is 8.15. The molecule has 2 nitrogen and oxygen atoms in total. The molecular weight excluding hydrogens is 255 g/mol. The lowest BCUT2D eigenvalue weighted by atomic mass is 10.0. The van der Waals surface area contributed by atoms with Gasteiger partial charge in [-0.15, -0.1) is 0 Å². The molecule has 2 unspecified atom stereocenters. The van der Waals surface area contributed by atoms with Gasteiger partial charge in [0.15, 0.2) is 6.54 Å². The predicted molar refractivity (Wildman–Crippen MR) is 53.7 cm³/mol. The first-order valence-electron chi connectivity index (χ1n) is 5.03. The Balaban J connectivity index is 0.00000256. The fourth-order valence-corrected chi connectivity index (χ4v) is 1.40. The number of quaternary nitrogens is 1. The third-order valence-electron chi connectivity index (χ3n) is 2.36. The van der Waals surface area contributed by atoms with Crippen molar-refractivity contribution in [2.24, 2.45) is 0 Å². The third-order valence-corrected chi connectivity index (χ3v) is 2.36. The maximum atomic E-state index is 12.0. The van der Waals surface area contributed by atoms with Gasteiger partial charge in [0.25, 0.3) is 0 Å². The van der Waals surface area contributed by atoms with E-state index in [0.29, 0.717) is 5.56 Å². The van der Waals surface area contributed by atoms with Crippen molar-refractivity contribution in [3.8, 4) is 0 Å². The fourth-order valence-electron chi connectivity index (χ4n) is 1.40. The minimum absolute atomic E-state index is 0. The zero-order chi connectivity index (χ0) is 12.2. The second kappa shape index (κ2) is 6.83. The highest BCUT2D eigenvalue weighted by atomic mass is 35.5. The van der Waals surface area contributed by atoms with Crippen LogP contribution in [0, 0.1) is 0 Å². The van der Waals surface area contributed by atoms with Crippen LogP contribution in [-0.4, -0.2) is 23.9 Å². The van der Waals surface area contributed by atoms with Gasteiger partial charge in [-0.25, -0.2) is 0 Å². The highest BCUT2D eigenvalue weighted by molar-refractivity contribution is 5.17. The molecule has 98 valence electrons. The number of halogens is 4. The molecule has 0 saturated heterocycles. The summed E-state index contributed by atoms with van der Waals surface area (Å²) in [5, 5.41) is 10.9. The molecule has 0 heterocycles. The van der Waals surface area contributed by atoms with Gasteiger partial charge in [-0.3, -0.25) is 0 Å². The highest BCUT2D eigenvalue weighted by Crippen LogP contribution is 2.15. The molecule has 0 aromatic heterocycles. The molecule has 1 aromatic rings. The smallest absolute Gasteiger partial charge is 0.438 e. The lowest BCUT2D eigenvalue weighted by Gasteiger charge is -2.18. The van der Waals surface area contributed by atoms with E-state index in [0.717, 1.165) is 5.32 Å². The summed E-state index contributed by atoms with van der Waals surface area (Å²) in [4.78, 5) is 0. The highest BCUT2D eigenvalue weighted by Gasteiger charge is 2.32. The Morgan fingerprint density at radius 1 is 1.24 bits per heavy atom. The van der Waals surface area contributed by atoms with Crippen molar-refractivity contribution in [1.82, 2.24) is 0 Å². The first-order chi connectivity index (χ1) is 7.40. The number of hydrogen-bond acceptors (Lipinski definition) is 1. The van der Waals surface area contributed by atoms with E-state index in [2.05, 4.69) is 0 Å². The van der Waals surface area contributed by atoms with Crippen LogP contribution in [0.5, 0.6) is 0 Å². The number of nitrogens with two attached hydrogens (primary N) is 1. The van der Waals surface area contributed by atoms with Gasteiger partial charge in [-0.05, 0) is 12.5 Å². The average molecular weight is 270 g/mol. The molecular formula is C11H15ClF3NO. The van der Waals surface area contributed by atoms with Gasteiger partial charge in [0, 0.05) is 0 Å². The fraction of sp³-hybridized carbons (Fsp3) is 0.455. The summed E-state index contributed by atoms with van der Waals surface area (Å²) < 4.78 is 35.9. The summed E-state index contributed by atoms with van der Waals surface area (Å²) in [5.74, 6) is 0. The van der Waals surface area contributed by atoms with Crippen molar-refractivity contribution in [2.45, 2.75) is 25.2 Å².